The van der Waals surface area contributed by atoms with E-state index in [0.29, 0.717) is 0 Å². The fraction of sp³-hybridized carbons (Fsp3) is 0.455. The second-order valence-corrected chi connectivity index (χ2v) is 6.87. The summed E-state index contributed by atoms with van der Waals surface area (Å²) in [5, 5.41) is 0. The minimum atomic E-state index is 0.718. The molecule has 0 bridgehead atoms. The van der Waals surface area contributed by atoms with Crippen LogP contribution in [0.1, 0.15) is 18.9 Å². The van der Waals surface area contributed by atoms with Crippen LogP contribution in [0.4, 0.5) is 0 Å². The van der Waals surface area contributed by atoms with E-state index in [4.69, 9.17) is 4.74 Å². The summed E-state index contributed by atoms with van der Waals surface area (Å²) in [7, 11) is 2.21. The highest BCUT2D eigenvalue weighted by Gasteiger charge is 2.13. The van der Waals surface area contributed by atoms with Gasteiger partial charge < -0.3 is 14.5 Å². The second-order valence-electron chi connectivity index (χ2n) is 6.87. The highest BCUT2D eigenvalue weighted by molar-refractivity contribution is 5.65. The van der Waals surface area contributed by atoms with Crippen molar-refractivity contribution in [3.8, 4) is 16.9 Å². The zero-order valence-corrected chi connectivity index (χ0v) is 15.6. The molecule has 134 valence electrons. The lowest BCUT2D eigenvalue weighted by Crippen LogP contribution is -2.44. The number of hydrogen-bond acceptors (Lipinski definition) is 3. The van der Waals surface area contributed by atoms with E-state index in [9.17, 15) is 0 Å². The summed E-state index contributed by atoms with van der Waals surface area (Å²) >= 11 is 0. The Hall–Kier alpha value is -1.84. The van der Waals surface area contributed by atoms with Gasteiger partial charge in [-0.05, 0) is 62.2 Å². The van der Waals surface area contributed by atoms with Gasteiger partial charge in [-0.3, -0.25) is 0 Å². The highest BCUT2D eigenvalue weighted by atomic mass is 16.5. The first-order valence-corrected chi connectivity index (χ1v) is 9.48. The first-order chi connectivity index (χ1) is 12.3. The van der Waals surface area contributed by atoms with Crippen molar-refractivity contribution in [2.75, 3.05) is 46.4 Å². The number of benzene rings is 2. The smallest absolute Gasteiger partial charge is 0.122 e. The Morgan fingerprint density at radius 1 is 0.920 bits per heavy atom. The molecule has 1 aliphatic heterocycles. The van der Waals surface area contributed by atoms with Crippen LogP contribution >= 0.6 is 0 Å². The molecule has 3 nitrogen and oxygen atoms in total. The van der Waals surface area contributed by atoms with Gasteiger partial charge in [0.2, 0.25) is 0 Å². The van der Waals surface area contributed by atoms with E-state index in [1.807, 2.05) is 0 Å². The zero-order valence-electron chi connectivity index (χ0n) is 15.6. The molecule has 3 heteroatoms. The molecule has 0 atom stereocenters. The van der Waals surface area contributed by atoms with Crippen molar-refractivity contribution >= 4 is 0 Å². The minimum Gasteiger partial charge on any atom is -0.494 e. The maximum absolute atomic E-state index is 5.86. The van der Waals surface area contributed by atoms with Gasteiger partial charge in [0.15, 0.2) is 0 Å². The van der Waals surface area contributed by atoms with Gasteiger partial charge in [0, 0.05) is 26.2 Å². The van der Waals surface area contributed by atoms with Crippen molar-refractivity contribution in [1.29, 1.82) is 0 Å². The van der Waals surface area contributed by atoms with Crippen LogP contribution in [0.3, 0.4) is 0 Å². The number of piperazine rings is 1. The van der Waals surface area contributed by atoms with Crippen molar-refractivity contribution in [1.82, 2.24) is 9.80 Å². The first-order valence-electron chi connectivity index (χ1n) is 9.48. The molecule has 0 spiro atoms. The van der Waals surface area contributed by atoms with E-state index in [1.165, 1.54) is 55.8 Å². The molecule has 1 fully saturated rings. The van der Waals surface area contributed by atoms with Crippen LogP contribution in [0, 0.1) is 0 Å². The Balaban J connectivity index is 1.65. The molecule has 3 rings (SSSR count). The van der Waals surface area contributed by atoms with Crippen LogP contribution in [0.2, 0.25) is 0 Å². The van der Waals surface area contributed by atoms with Gasteiger partial charge in [-0.1, -0.05) is 36.4 Å². The summed E-state index contributed by atoms with van der Waals surface area (Å²) in [4.78, 5) is 4.99. The fourth-order valence-corrected chi connectivity index (χ4v) is 3.45. The largest absolute Gasteiger partial charge is 0.494 e. The quantitative estimate of drug-likeness (QED) is 0.761. The first kappa shape index (κ1) is 18.0. The third-order valence-electron chi connectivity index (χ3n) is 4.98. The number of rotatable bonds is 7. The lowest BCUT2D eigenvalue weighted by Gasteiger charge is -2.32. The molecule has 0 unspecified atom stereocenters. The number of hydrogen-bond donors (Lipinski definition) is 0. The van der Waals surface area contributed by atoms with E-state index < -0.39 is 0 Å². The van der Waals surface area contributed by atoms with Gasteiger partial charge in [-0.2, -0.15) is 0 Å². The van der Waals surface area contributed by atoms with E-state index >= 15 is 0 Å². The number of aryl methyl sites for hydroxylation is 1. The van der Waals surface area contributed by atoms with Crippen molar-refractivity contribution in [2.45, 2.75) is 19.8 Å². The predicted molar refractivity (Wildman–Crippen MR) is 105 cm³/mol. The molecule has 2 aromatic carbocycles. The third-order valence-corrected chi connectivity index (χ3v) is 4.98. The Labute approximate surface area is 152 Å². The summed E-state index contributed by atoms with van der Waals surface area (Å²) < 4.78 is 5.86. The molecule has 2 aromatic rings. The molecule has 0 amide bonds. The van der Waals surface area contributed by atoms with Gasteiger partial charge >= 0.3 is 0 Å². The Bertz CT molecular complexity index is 648. The van der Waals surface area contributed by atoms with Gasteiger partial charge in [0.25, 0.3) is 0 Å². The Morgan fingerprint density at radius 2 is 1.68 bits per heavy atom. The summed E-state index contributed by atoms with van der Waals surface area (Å²) in [6, 6.07) is 17.2. The Morgan fingerprint density at radius 3 is 2.40 bits per heavy atom. The van der Waals surface area contributed by atoms with E-state index in [-0.39, 0.29) is 0 Å². The van der Waals surface area contributed by atoms with E-state index in [2.05, 4.69) is 72.3 Å². The van der Waals surface area contributed by atoms with Crippen LogP contribution in [0.5, 0.6) is 5.75 Å². The predicted octanol–water partition coefficient (Wildman–Crippen LogP) is 3.93. The van der Waals surface area contributed by atoms with Crippen molar-refractivity contribution < 1.29 is 4.74 Å². The van der Waals surface area contributed by atoms with Gasteiger partial charge in [-0.15, -0.1) is 0 Å². The molecule has 25 heavy (non-hydrogen) atoms. The SMILES string of the molecule is CCOc1ccc(-c2ccccc2)cc1CCCN1CCN(C)CC1. The van der Waals surface area contributed by atoms with Crippen molar-refractivity contribution in [3.05, 3.63) is 54.1 Å². The van der Waals surface area contributed by atoms with Crippen molar-refractivity contribution in [2.24, 2.45) is 0 Å². The number of likely N-dealkylation sites (N-methyl/N-ethyl adjacent to an activating group) is 1. The van der Waals surface area contributed by atoms with Crippen LogP contribution in [0.25, 0.3) is 11.1 Å². The maximum atomic E-state index is 5.86. The molecule has 1 heterocycles. The van der Waals surface area contributed by atoms with Gasteiger partial charge in [-0.25, -0.2) is 0 Å². The molecule has 0 aliphatic carbocycles. The Kier molecular flexibility index (Phi) is 6.48. The number of nitrogens with zero attached hydrogens (tertiary/aromatic N) is 2. The van der Waals surface area contributed by atoms with E-state index in [0.717, 1.165) is 18.8 Å². The molecule has 0 N–H and O–H groups in total. The number of ether oxygens (including phenoxy) is 1. The van der Waals surface area contributed by atoms with Crippen LogP contribution in [-0.4, -0.2) is 56.2 Å². The molecular weight excluding hydrogens is 308 g/mol. The fourth-order valence-electron chi connectivity index (χ4n) is 3.45. The van der Waals surface area contributed by atoms with Gasteiger partial charge in [0.1, 0.15) is 5.75 Å². The lowest BCUT2D eigenvalue weighted by atomic mass is 10.00. The van der Waals surface area contributed by atoms with Crippen LogP contribution < -0.4 is 4.74 Å². The summed E-state index contributed by atoms with van der Waals surface area (Å²) in [5.74, 6) is 1.04. The normalized spacial score (nSPS) is 16.1. The van der Waals surface area contributed by atoms with Gasteiger partial charge in [0.05, 0.1) is 6.61 Å². The topological polar surface area (TPSA) is 15.7 Å². The molecule has 0 aromatic heterocycles. The standard InChI is InChI=1S/C22H30N2O/c1-3-25-22-12-11-20(19-8-5-4-6-9-19)18-21(22)10-7-13-24-16-14-23(2)15-17-24/h4-6,8-9,11-12,18H,3,7,10,13-17H2,1-2H3. The van der Waals surface area contributed by atoms with Crippen LogP contribution in [-0.2, 0) is 6.42 Å². The average molecular weight is 338 g/mol. The molecule has 0 radical (unpaired) electrons. The maximum Gasteiger partial charge on any atom is 0.122 e. The summed E-state index contributed by atoms with van der Waals surface area (Å²) in [6.07, 6.45) is 2.25. The van der Waals surface area contributed by atoms with E-state index in [1.54, 1.807) is 0 Å². The molecular formula is C22H30N2O. The zero-order chi connectivity index (χ0) is 17.5. The minimum absolute atomic E-state index is 0.718. The second kappa shape index (κ2) is 9.02. The average Bonchev–Trinajstić information content (AvgIpc) is 2.65. The molecule has 0 saturated carbocycles. The monoisotopic (exact) mass is 338 g/mol. The highest BCUT2D eigenvalue weighted by Crippen LogP contribution is 2.28. The summed E-state index contributed by atoms with van der Waals surface area (Å²) in [6.45, 7) is 8.71. The molecule has 1 aliphatic rings. The summed E-state index contributed by atoms with van der Waals surface area (Å²) in [5.41, 5.74) is 3.88. The third kappa shape index (κ3) is 5.07. The van der Waals surface area contributed by atoms with Crippen LogP contribution in [0.15, 0.2) is 48.5 Å². The van der Waals surface area contributed by atoms with Crippen molar-refractivity contribution in [3.63, 3.8) is 0 Å². The lowest BCUT2D eigenvalue weighted by molar-refractivity contribution is 0.153. The molecule has 1 saturated heterocycles.